The number of nitrogens with zero attached hydrogens (tertiary/aromatic N) is 1. The van der Waals surface area contributed by atoms with Crippen LogP contribution in [0.2, 0.25) is 0 Å². The standard InChI is InChI=1S/C11H18N2O2S/c1-7(11(14)15-4)5-12-9(3)10-13-8(2)6-16-10/h6-7,9,12H,5H2,1-4H3. The van der Waals surface area contributed by atoms with Gasteiger partial charge in [-0.05, 0) is 13.8 Å². The van der Waals surface area contributed by atoms with Gasteiger partial charge in [0.1, 0.15) is 5.01 Å². The number of hydrogen-bond donors (Lipinski definition) is 1. The summed E-state index contributed by atoms with van der Waals surface area (Å²) >= 11 is 1.63. The fourth-order valence-corrected chi connectivity index (χ4v) is 2.12. The molecule has 0 aliphatic rings. The molecule has 0 amide bonds. The quantitative estimate of drug-likeness (QED) is 0.801. The summed E-state index contributed by atoms with van der Waals surface area (Å²) in [4.78, 5) is 15.6. The van der Waals surface area contributed by atoms with Gasteiger partial charge >= 0.3 is 5.97 Å². The van der Waals surface area contributed by atoms with E-state index in [0.717, 1.165) is 10.7 Å². The molecule has 1 aromatic heterocycles. The lowest BCUT2D eigenvalue weighted by atomic mass is 10.2. The predicted octanol–water partition coefficient (Wildman–Crippen LogP) is 1.91. The zero-order chi connectivity index (χ0) is 12.1. The molecule has 90 valence electrons. The molecule has 0 bridgehead atoms. The van der Waals surface area contributed by atoms with Gasteiger partial charge < -0.3 is 10.1 Å². The van der Waals surface area contributed by atoms with Crippen LogP contribution >= 0.6 is 11.3 Å². The van der Waals surface area contributed by atoms with E-state index in [1.165, 1.54) is 7.11 Å². The Labute approximate surface area is 100 Å². The van der Waals surface area contributed by atoms with E-state index in [0.29, 0.717) is 6.54 Å². The summed E-state index contributed by atoms with van der Waals surface area (Å²) in [6.07, 6.45) is 0. The van der Waals surface area contributed by atoms with Crippen LogP contribution in [-0.4, -0.2) is 24.6 Å². The first-order valence-corrected chi connectivity index (χ1v) is 6.15. The number of carbonyl (C=O) groups is 1. The van der Waals surface area contributed by atoms with Gasteiger partial charge in [-0.2, -0.15) is 0 Å². The van der Waals surface area contributed by atoms with Crippen molar-refractivity contribution in [2.24, 2.45) is 5.92 Å². The van der Waals surface area contributed by atoms with Crippen molar-refractivity contribution < 1.29 is 9.53 Å². The van der Waals surface area contributed by atoms with Crippen molar-refractivity contribution in [2.75, 3.05) is 13.7 Å². The summed E-state index contributed by atoms with van der Waals surface area (Å²) in [5.74, 6) is -0.316. The third-order valence-electron chi connectivity index (χ3n) is 2.34. The van der Waals surface area contributed by atoms with Crippen molar-refractivity contribution in [3.8, 4) is 0 Å². The minimum absolute atomic E-state index is 0.131. The molecule has 0 saturated heterocycles. The molecule has 16 heavy (non-hydrogen) atoms. The maximum Gasteiger partial charge on any atom is 0.309 e. The SMILES string of the molecule is COC(=O)C(C)CNC(C)c1nc(C)cs1. The van der Waals surface area contributed by atoms with Crippen molar-refractivity contribution in [1.82, 2.24) is 10.3 Å². The van der Waals surface area contributed by atoms with Crippen LogP contribution in [0.1, 0.15) is 30.6 Å². The highest BCUT2D eigenvalue weighted by Crippen LogP contribution is 2.17. The van der Waals surface area contributed by atoms with Crippen molar-refractivity contribution >= 4 is 17.3 Å². The third-order valence-corrected chi connectivity index (χ3v) is 3.49. The number of aromatic nitrogens is 1. The summed E-state index contributed by atoms with van der Waals surface area (Å²) in [6.45, 7) is 6.47. The summed E-state index contributed by atoms with van der Waals surface area (Å²) < 4.78 is 4.66. The first kappa shape index (κ1) is 13.1. The smallest absolute Gasteiger partial charge is 0.309 e. The van der Waals surface area contributed by atoms with Gasteiger partial charge in [0.15, 0.2) is 0 Å². The van der Waals surface area contributed by atoms with Gasteiger partial charge in [0.2, 0.25) is 0 Å². The van der Waals surface area contributed by atoms with E-state index in [1.54, 1.807) is 11.3 Å². The lowest BCUT2D eigenvalue weighted by Gasteiger charge is -2.14. The zero-order valence-corrected chi connectivity index (χ0v) is 10.9. The second-order valence-electron chi connectivity index (χ2n) is 3.88. The van der Waals surface area contributed by atoms with Gasteiger partial charge in [0.25, 0.3) is 0 Å². The first-order valence-electron chi connectivity index (χ1n) is 5.27. The fourth-order valence-electron chi connectivity index (χ4n) is 1.30. The Morgan fingerprint density at radius 2 is 2.31 bits per heavy atom. The molecular weight excluding hydrogens is 224 g/mol. The van der Waals surface area contributed by atoms with E-state index in [9.17, 15) is 4.79 Å². The van der Waals surface area contributed by atoms with E-state index in [1.807, 2.05) is 26.2 Å². The molecule has 0 aliphatic carbocycles. The lowest BCUT2D eigenvalue weighted by molar-refractivity contribution is -0.144. The van der Waals surface area contributed by atoms with Crippen LogP contribution in [0.25, 0.3) is 0 Å². The maximum absolute atomic E-state index is 11.2. The molecule has 5 heteroatoms. The Morgan fingerprint density at radius 1 is 1.62 bits per heavy atom. The van der Waals surface area contributed by atoms with Crippen molar-refractivity contribution in [3.63, 3.8) is 0 Å². The van der Waals surface area contributed by atoms with E-state index >= 15 is 0 Å². The molecule has 1 aromatic rings. The molecule has 1 rings (SSSR count). The van der Waals surface area contributed by atoms with Gasteiger partial charge in [-0.15, -0.1) is 11.3 Å². The Bertz CT molecular complexity index is 352. The number of thiazole rings is 1. The van der Waals surface area contributed by atoms with Crippen molar-refractivity contribution in [2.45, 2.75) is 26.8 Å². The Morgan fingerprint density at radius 3 is 2.81 bits per heavy atom. The van der Waals surface area contributed by atoms with E-state index in [-0.39, 0.29) is 17.9 Å². The average Bonchev–Trinajstić information content (AvgIpc) is 2.71. The van der Waals surface area contributed by atoms with Crippen LogP contribution in [0.5, 0.6) is 0 Å². The van der Waals surface area contributed by atoms with Crippen molar-refractivity contribution in [1.29, 1.82) is 0 Å². The number of aryl methyl sites for hydroxylation is 1. The molecule has 1 heterocycles. The van der Waals surface area contributed by atoms with Gasteiger partial charge in [-0.25, -0.2) is 4.98 Å². The fraction of sp³-hybridized carbons (Fsp3) is 0.636. The lowest BCUT2D eigenvalue weighted by Crippen LogP contribution is -2.29. The molecule has 2 unspecified atom stereocenters. The maximum atomic E-state index is 11.2. The van der Waals surface area contributed by atoms with Crippen LogP contribution < -0.4 is 5.32 Å². The molecule has 0 fully saturated rings. The van der Waals surface area contributed by atoms with Crippen LogP contribution in [0.3, 0.4) is 0 Å². The van der Waals surface area contributed by atoms with Crippen LogP contribution in [0.4, 0.5) is 0 Å². The molecular formula is C11H18N2O2S. The minimum atomic E-state index is -0.185. The summed E-state index contributed by atoms with van der Waals surface area (Å²) in [6, 6.07) is 0.172. The largest absolute Gasteiger partial charge is 0.469 e. The number of hydrogen-bond acceptors (Lipinski definition) is 5. The molecule has 0 radical (unpaired) electrons. The Hall–Kier alpha value is -0.940. The second-order valence-corrected chi connectivity index (χ2v) is 4.77. The van der Waals surface area contributed by atoms with Crippen LogP contribution in [-0.2, 0) is 9.53 Å². The van der Waals surface area contributed by atoms with Gasteiger partial charge in [-0.1, -0.05) is 6.92 Å². The highest BCUT2D eigenvalue weighted by molar-refractivity contribution is 7.09. The highest BCUT2D eigenvalue weighted by Gasteiger charge is 2.15. The van der Waals surface area contributed by atoms with Gasteiger partial charge in [-0.3, -0.25) is 4.79 Å². The zero-order valence-electron chi connectivity index (χ0n) is 10.1. The molecule has 0 spiro atoms. The number of esters is 1. The van der Waals surface area contributed by atoms with Crippen molar-refractivity contribution in [3.05, 3.63) is 16.1 Å². The minimum Gasteiger partial charge on any atom is -0.469 e. The third kappa shape index (κ3) is 3.57. The number of ether oxygens (including phenoxy) is 1. The summed E-state index contributed by atoms with van der Waals surface area (Å²) in [5, 5.41) is 6.35. The molecule has 1 N–H and O–H groups in total. The summed E-state index contributed by atoms with van der Waals surface area (Å²) in [5.41, 5.74) is 1.04. The Balaban J connectivity index is 2.41. The number of carbonyl (C=O) groups excluding carboxylic acids is 1. The van der Waals surface area contributed by atoms with E-state index in [4.69, 9.17) is 0 Å². The van der Waals surface area contributed by atoms with Gasteiger partial charge in [0, 0.05) is 17.6 Å². The normalized spacial score (nSPS) is 14.5. The predicted molar refractivity (Wildman–Crippen MR) is 64.4 cm³/mol. The second kappa shape index (κ2) is 5.96. The molecule has 0 saturated carbocycles. The Kier molecular flexibility index (Phi) is 4.89. The highest BCUT2D eigenvalue weighted by atomic mass is 32.1. The topological polar surface area (TPSA) is 51.2 Å². The molecule has 2 atom stereocenters. The number of rotatable bonds is 5. The molecule has 4 nitrogen and oxygen atoms in total. The van der Waals surface area contributed by atoms with Crippen LogP contribution in [0.15, 0.2) is 5.38 Å². The first-order chi connectivity index (χ1) is 7.54. The average molecular weight is 242 g/mol. The number of nitrogens with one attached hydrogen (secondary N) is 1. The number of methoxy groups -OCH3 is 1. The van der Waals surface area contributed by atoms with Crippen LogP contribution in [0, 0.1) is 12.8 Å². The van der Waals surface area contributed by atoms with Gasteiger partial charge in [0.05, 0.1) is 19.1 Å². The molecule has 0 aliphatic heterocycles. The van der Waals surface area contributed by atoms with E-state index in [2.05, 4.69) is 15.0 Å². The molecule has 0 aromatic carbocycles. The monoisotopic (exact) mass is 242 g/mol. The summed E-state index contributed by atoms with van der Waals surface area (Å²) in [7, 11) is 1.41. The van der Waals surface area contributed by atoms with E-state index < -0.39 is 0 Å².